The Balaban J connectivity index is 2.18. The van der Waals surface area contributed by atoms with Crippen molar-refractivity contribution in [2.24, 2.45) is 0 Å². The van der Waals surface area contributed by atoms with Gasteiger partial charge in [0.25, 0.3) is 0 Å². The Morgan fingerprint density at radius 1 is 1.24 bits per heavy atom. The summed E-state index contributed by atoms with van der Waals surface area (Å²) in [5.41, 5.74) is 7.34. The molecule has 2 aromatic carbocycles. The van der Waals surface area contributed by atoms with Crippen LogP contribution in [0, 0.1) is 17.1 Å². The van der Waals surface area contributed by atoms with Crippen molar-refractivity contribution in [3.63, 3.8) is 0 Å². The van der Waals surface area contributed by atoms with Crippen LogP contribution in [0.1, 0.15) is 21.6 Å². The minimum atomic E-state index is -0.439. The third kappa shape index (κ3) is 2.95. The molecule has 0 spiro atoms. The van der Waals surface area contributed by atoms with E-state index in [1.54, 1.807) is 28.8 Å². The quantitative estimate of drug-likeness (QED) is 0.742. The van der Waals surface area contributed by atoms with Crippen LogP contribution in [0.2, 0.25) is 0 Å². The molecule has 1 aromatic heterocycles. The lowest BCUT2D eigenvalue weighted by Gasteiger charge is -2.11. The molecular weight excluding hydrogens is 321 g/mol. The zero-order valence-corrected chi connectivity index (χ0v) is 13.4. The van der Waals surface area contributed by atoms with Gasteiger partial charge in [0.2, 0.25) is 5.78 Å². The molecule has 3 rings (SSSR count). The number of rotatable bonds is 4. The summed E-state index contributed by atoms with van der Waals surface area (Å²) >= 11 is 0. The highest BCUT2D eigenvalue weighted by Crippen LogP contribution is 2.28. The van der Waals surface area contributed by atoms with E-state index in [0.717, 1.165) is 0 Å². The molecule has 6 heteroatoms. The second-order valence-electron chi connectivity index (χ2n) is 5.32. The van der Waals surface area contributed by atoms with Gasteiger partial charge in [0.05, 0.1) is 18.4 Å². The standard InChI is InChI=1S/C19H14FN3O2/c1-25-16-4-2-3-15(9-16)23-11-13(10-21)17(22)18(23)19(24)12-5-7-14(20)8-6-12/h2-9,11H,22H2,1H3. The molecule has 124 valence electrons. The first-order valence-corrected chi connectivity index (χ1v) is 7.40. The van der Waals surface area contributed by atoms with Crippen molar-refractivity contribution < 1.29 is 13.9 Å². The summed E-state index contributed by atoms with van der Waals surface area (Å²) in [4.78, 5) is 12.9. The van der Waals surface area contributed by atoms with Gasteiger partial charge in [0, 0.05) is 23.5 Å². The molecule has 0 bridgehead atoms. The number of nitrogens with two attached hydrogens (primary N) is 1. The summed E-state index contributed by atoms with van der Waals surface area (Å²) in [5, 5.41) is 9.26. The van der Waals surface area contributed by atoms with Crippen LogP contribution in [0.5, 0.6) is 5.75 Å². The van der Waals surface area contributed by atoms with Crippen LogP contribution in [0.4, 0.5) is 10.1 Å². The van der Waals surface area contributed by atoms with Gasteiger partial charge in [0.15, 0.2) is 0 Å². The number of hydrogen-bond donors (Lipinski definition) is 1. The van der Waals surface area contributed by atoms with Crippen LogP contribution >= 0.6 is 0 Å². The molecule has 3 aromatic rings. The highest BCUT2D eigenvalue weighted by atomic mass is 19.1. The molecule has 0 unspecified atom stereocenters. The van der Waals surface area contributed by atoms with Crippen molar-refractivity contribution in [3.05, 3.63) is 77.4 Å². The molecule has 0 aliphatic heterocycles. The number of ketones is 1. The zero-order valence-electron chi connectivity index (χ0n) is 13.4. The number of methoxy groups -OCH3 is 1. The molecule has 25 heavy (non-hydrogen) atoms. The first-order chi connectivity index (χ1) is 12.0. The normalized spacial score (nSPS) is 10.3. The van der Waals surface area contributed by atoms with Gasteiger partial charge in [-0.2, -0.15) is 5.26 Å². The molecule has 2 N–H and O–H groups in total. The summed E-state index contributed by atoms with van der Waals surface area (Å²) in [7, 11) is 1.54. The Labute approximate surface area is 143 Å². The smallest absolute Gasteiger partial charge is 0.211 e. The number of ether oxygens (including phenoxy) is 1. The van der Waals surface area contributed by atoms with E-state index in [0.29, 0.717) is 11.4 Å². The Kier molecular flexibility index (Phi) is 4.23. The lowest BCUT2D eigenvalue weighted by Crippen LogP contribution is -2.11. The van der Waals surface area contributed by atoms with Gasteiger partial charge in [-0.25, -0.2) is 4.39 Å². The third-order valence-corrected chi connectivity index (χ3v) is 3.82. The van der Waals surface area contributed by atoms with Gasteiger partial charge in [0.1, 0.15) is 23.3 Å². The highest BCUT2D eigenvalue weighted by Gasteiger charge is 2.22. The number of anilines is 1. The van der Waals surface area contributed by atoms with E-state index in [2.05, 4.69) is 0 Å². The number of nitrogens with zero attached hydrogens (tertiary/aromatic N) is 2. The van der Waals surface area contributed by atoms with E-state index < -0.39 is 11.6 Å². The summed E-state index contributed by atoms with van der Waals surface area (Å²) in [6.45, 7) is 0. The molecule has 1 heterocycles. The fourth-order valence-electron chi connectivity index (χ4n) is 2.54. The van der Waals surface area contributed by atoms with E-state index in [9.17, 15) is 14.4 Å². The van der Waals surface area contributed by atoms with Gasteiger partial charge in [-0.1, -0.05) is 6.07 Å². The second-order valence-corrected chi connectivity index (χ2v) is 5.32. The van der Waals surface area contributed by atoms with Gasteiger partial charge >= 0.3 is 0 Å². The minimum Gasteiger partial charge on any atom is -0.497 e. The Bertz CT molecular complexity index is 985. The predicted molar refractivity (Wildman–Crippen MR) is 91.3 cm³/mol. The number of carbonyl (C=O) groups is 1. The molecule has 0 amide bonds. The van der Waals surface area contributed by atoms with E-state index in [-0.39, 0.29) is 22.5 Å². The van der Waals surface area contributed by atoms with Crippen molar-refractivity contribution in [1.82, 2.24) is 4.57 Å². The largest absolute Gasteiger partial charge is 0.497 e. The SMILES string of the molecule is COc1cccc(-n2cc(C#N)c(N)c2C(=O)c2ccc(F)cc2)c1. The van der Waals surface area contributed by atoms with Crippen LogP contribution in [0.25, 0.3) is 5.69 Å². The molecule has 5 nitrogen and oxygen atoms in total. The van der Waals surface area contributed by atoms with E-state index in [1.807, 2.05) is 6.07 Å². The molecule has 0 fully saturated rings. The fourth-order valence-corrected chi connectivity index (χ4v) is 2.54. The first-order valence-electron chi connectivity index (χ1n) is 7.40. The van der Waals surface area contributed by atoms with E-state index in [4.69, 9.17) is 10.5 Å². The van der Waals surface area contributed by atoms with Crippen LogP contribution in [0.3, 0.4) is 0 Å². The number of halogens is 1. The molecular formula is C19H14FN3O2. The van der Waals surface area contributed by atoms with Crippen molar-refractivity contribution >= 4 is 11.5 Å². The average Bonchev–Trinajstić information content (AvgIpc) is 2.98. The van der Waals surface area contributed by atoms with Crippen molar-refractivity contribution in [3.8, 4) is 17.5 Å². The maximum Gasteiger partial charge on any atom is 0.211 e. The number of carbonyl (C=O) groups excluding carboxylic acids is 1. The highest BCUT2D eigenvalue weighted by molar-refractivity contribution is 6.12. The lowest BCUT2D eigenvalue weighted by molar-refractivity contribution is 0.103. The maximum absolute atomic E-state index is 13.1. The maximum atomic E-state index is 13.1. The number of nitrogen functional groups attached to an aromatic ring is 1. The second kappa shape index (κ2) is 6.49. The summed E-state index contributed by atoms with van der Waals surface area (Å²) in [5.74, 6) is -0.240. The average molecular weight is 335 g/mol. The van der Waals surface area contributed by atoms with Crippen LogP contribution in [-0.2, 0) is 0 Å². The number of benzene rings is 2. The van der Waals surface area contributed by atoms with Crippen LogP contribution in [0.15, 0.2) is 54.7 Å². The summed E-state index contributed by atoms with van der Waals surface area (Å²) in [6, 6.07) is 14.2. The Morgan fingerprint density at radius 3 is 2.60 bits per heavy atom. The summed E-state index contributed by atoms with van der Waals surface area (Å²) < 4.78 is 19.9. The Morgan fingerprint density at radius 2 is 1.96 bits per heavy atom. The molecule has 0 saturated carbocycles. The molecule has 0 saturated heterocycles. The number of nitriles is 1. The van der Waals surface area contributed by atoms with E-state index >= 15 is 0 Å². The zero-order chi connectivity index (χ0) is 18.0. The van der Waals surface area contributed by atoms with Gasteiger partial charge in [-0.3, -0.25) is 4.79 Å². The van der Waals surface area contributed by atoms with Gasteiger partial charge in [-0.15, -0.1) is 0 Å². The number of aromatic nitrogens is 1. The third-order valence-electron chi connectivity index (χ3n) is 3.82. The Hall–Kier alpha value is -3.59. The molecule has 0 atom stereocenters. The fraction of sp³-hybridized carbons (Fsp3) is 0.0526. The van der Waals surface area contributed by atoms with E-state index in [1.165, 1.54) is 37.6 Å². The van der Waals surface area contributed by atoms with Crippen molar-refractivity contribution in [1.29, 1.82) is 5.26 Å². The van der Waals surface area contributed by atoms with Crippen molar-refractivity contribution in [2.75, 3.05) is 12.8 Å². The topological polar surface area (TPSA) is 81.0 Å². The molecule has 0 radical (unpaired) electrons. The summed E-state index contributed by atoms with van der Waals surface area (Å²) in [6.07, 6.45) is 1.50. The molecule has 0 aliphatic rings. The first kappa shape index (κ1) is 16.3. The van der Waals surface area contributed by atoms with Crippen LogP contribution < -0.4 is 10.5 Å². The monoisotopic (exact) mass is 335 g/mol. The van der Waals surface area contributed by atoms with Crippen molar-refractivity contribution in [2.45, 2.75) is 0 Å². The molecule has 0 aliphatic carbocycles. The lowest BCUT2D eigenvalue weighted by atomic mass is 10.1. The minimum absolute atomic E-state index is 0.0830. The van der Waals surface area contributed by atoms with Crippen LogP contribution in [-0.4, -0.2) is 17.5 Å². The predicted octanol–water partition coefficient (Wildman–Crippen LogP) is 3.31. The van der Waals surface area contributed by atoms with Gasteiger partial charge < -0.3 is 15.0 Å². The number of hydrogen-bond acceptors (Lipinski definition) is 4. The van der Waals surface area contributed by atoms with Gasteiger partial charge in [-0.05, 0) is 36.4 Å².